The Morgan fingerprint density at radius 2 is 2.08 bits per heavy atom. The first-order valence-corrected chi connectivity index (χ1v) is 8.49. The number of carbonyl (C=O) groups excluding carboxylic acids is 1. The first kappa shape index (κ1) is 18.8. The molecule has 1 aliphatic rings. The fourth-order valence-corrected chi connectivity index (χ4v) is 2.95. The summed E-state index contributed by atoms with van der Waals surface area (Å²) in [4.78, 5) is 12.3. The lowest BCUT2D eigenvalue weighted by molar-refractivity contribution is 0.0939. The molecule has 6 heteroatoms. The van der Waals surface area contributed by atoms with Crippen LogP contribution in [-0.2, 0) is 6.61 Å². The number of ether oxygens (including phenoxy) is 1. The molecular weight excluding hydrogens is 392 g/mol. The van der Waals surface area contributed by atoms with Gasteiger partial charge in [-0.2, -0.15) is 0 Å². The van der Waals surface area contributed by atoms with E-state index in [4.69, 9.17) is 4.74 Å². The van der Waals surface area contributed by atoms with Crippen LogP contribution >= 0.6 is 28.3 Å². The fraction of sp³-hybridized carbons (Fsp3) is 0.278. The van der Waals surface area contributed by atoms with E-state index in [1.165, 1.54) is 0 Å². The molecular formula is C18H20BrClN2O2. The second kappa shape index (κ2) is 9.06. The largest absolute Gasteiger partial charge is 0.489 e. The lowest BCUT2D eigenvalue weighted by Crippen LogP contribution is -2.36. The molecule has 0 radical (unpaired) electrons. The van der Waals surface area contributed by atoms with E-state index >= 15 is 0 Å². The third-order valence-electron chi connectivity index (χ3n) is 3.84. The smallest absolute Gasteiger partial charge is 0.251 e. The Labute approximate surface area is 156 Å². The van der Waals surface area contributed by atoms with Crippen LogP contribution in [-0.4, -0.2) is 25.0 Å². The predicted molar refractivity (Wildman–Crippen MR) is 101 cm³/mol. The van der Waals surface area contributed by atoms with E-state index in [1.54, 1.807) is 6.07 Å². The molecule has 0 aromatic heterocycles. The number of halogens is 2. The summed E-state index contributed by atoms with van der Waals surface area (Å²) in [6.07, 6.45) is 0.976. The van der Waals surface area contributed by atoms with Gasteiger partial charge in [0.1, 0.15) is 12.4 Å². The molecule has 2 aromatic rings. The minimum Gasteiger partial charge on any atom is -0.489 e. The Bertz CT molecular complexity index is 690. The second-order valence-electron chi connectivity index (χ2n) is 5.57. The SMILES string of the molecule is Cl.O=C(NC1CCNC1)c1cccc(OCc2ccccc2Br)c1. The summed E-state index contributed by atoms with van der Waals surface area (Å²) in [7, 11) is 0. The van der Waals surface area contributed by atoms with Gasteiger partial charge in [0.15, 0.2) is 0 Å². The van der Waals surface area contributed by atoms with Crippen LogP contribution in [0.2, 0.25) is 0 Å². The van der Waals surface area contributed by atoms with E-state index in [2.05, 4.69) is 26.6 Å². The van der Waals surface area contributed by atoms with Gasteiger partial charge in [0.25, 0.3) is 5.91 Å². The van der Waals surface area contributed by atoms with Gasteiger partial charge in [-0.3, -0.25) is 4.79 Å². The molecule has 0 aliphatic carbocycles. The quantitative estimate of drug-likeness (QED) is 0.791. The maximum Gasteiger partial charge on any atom is 0.251 e. The van der Waals surface area contributed by atoms with Crippen molar-refractivity contribution in [3.8, 4) is 5.75 Å². The molecule has 24 heavy (non-hydrogen) atoms. The number of amides is 1. The van der Waals surface area contributed by atoms with Crippen LogP contribution in [0.5, 0.6) is 5.75 Å². The maximum absolute atomic E-state index is 12.3. The van der Waals surface area contributed by atoms with E-state index in [0.717, 1.165) is 29.5 Å². The van der Waals surface area contributed by atoms with Crippen molar-refractivity contribution < 1.29 is 9.53 Å². The maximum atomic E-state index is 12.3. The van der Waals surface area contributed by atoms with Gasteiger partial charge in [-0.15, -0.1) is 12.4 Å². The molecule has 1 fully saturated rings. The van der Waals surface area contributed by atoms with E-state index in [0.29, 0.717) is 17.9 Å². The van der Waals surface area contributed by atoms with Crippen LogP contribution in [0.15, 0.2) is 53.0 Å². The third-order valence-corrected chi connectivity index (χ3v) is 4.62. The number of hydrogen-bond acceptors (Lipinski definition) is 3. The van der Waals surface area contributed by atoms with Crippen molar-refractivity contribution in [3.63, 3.8) is 0 Å². The Kier molecular flexibility index (Phi) is 7.09. The van der Waals surface area contributed by atoms with Crippen molar-refractivity contribution in [2.75, 3.05) is 13.1 Å². The van der Waals surface area contributed by atoms with Crippen LogP contribution in [0.1, 0.15) is 22.3 Å². The van der Waals surface area contributed by atoms with Gasteiger partial charge in [-0.05, 0) is 37.2 Å². The van der Waals surface area contributed by atoms with Gasteiger partial charge >= 0.3 is 0 Å². The van der Waals surface area contributed by atoms with Crippen molar-refractivity contribution in [3.05, 3.63) is 64.1 Å². The minimum atomic E-state index is -0.0509. The third kappa shape index (κ3) is 4.97. The minimum absolute atomic E-state index is 0. The highest BCUT2D eigenvalue weighted by molar-refractivity contribution is 9.10. The molecule has 0 bridgehead atoms. The molecule has 1 atom stereocenters. The zero-order valence-corrected chi connectivity index (χ0v) is 15.5. The van der Waals surface area contributed by atoms with Crippen molar-refractivity contribution in [2.45, 2.75) is 19.1 Å². The highest BCUT2D eigenvalue weighted by Crippen LogP contribution is 2.20. The molecule has 1 saturated heterocycles. The first-order chi connectivity index (χ1) is 11.2. The summed E-state index contributed by atoms with van der Waals surface area (Å²) in [6.45, 7) is 2.25. The average molecular weight is 412 g/mol. The van der Waals surface area contributed by atoms with Crippen LogP contribution in [0.4, 0.5) is 0 Å². The normalized spacial score (nSPS) is 16.3. The van der Waals surface area contributed by atoms with Gasteiger partial charge in [0.05, 0.1) is 0 Å². The van der Waals surface area contributed by atoms with Crippen molar-refractivity contribution >= 4 is 34.2 Å². The molecule has 2 aromatic carbocycles. The lowest BCUT2D eigenvalue weighted by Gasteiger charge is -2.12. The molecule has 1 unspecified atom stereocenters. The first-order valence-electron chi connectivity index (χ1n) is 7.70. The molecule has 128 valence electrons. The van der Waals surface area contributed by atoms with Gasteiger partial charge < -0.3 is 15.4 Å². The number of hydrogen-bond donors (Lipinski definition) is 2. The van der Waals surface area contributed by atoms with Crippen LogP contribution < -0.4 is 15.4 Å². The number of nitrogens with one attached hydrogen (secondary N) is 2. The second-order valence-corrected chi connectivity index (χ2v) is 6.43. The molecule has 1 heterocycles. The lowest BCUT2D eigenvalue weighted by atomic mass is 10.1. The highest BCUT2D eigenvalue weighted by atomic mass is 79.9. The van der Waals surface area contributed by atoms with Crippen molar-refractivity contribution in [1.82, 2.24) is 10.6 Å². The van der Waals surface area contributed by atoms with Gasteiger partial charge in [0, 0.05) is 28.2 Å². The van der Waals surface area contributed by atoms with Gasteiger partial charge in [-0.25, -0.2) is 0 Å². The standard InChI is InChI=1S/C18H19BrN2O2.ClH/c19-17-7-2-1-4-14(17)12-23-16-6-3-5-13(10-16)18(22)21-15-8-9-20-11-15;/h1-7,10,15,20H,8-9,11-12H2,(H,21,22);1H. The monoisotopic (exact) mass is 410 g/mol. The van der Waals surface area contributed by atoms with Gasteiger partial charge in [0.2, 0.25) is 0 Å². The summed E-state index contributed by atoms with van der Waals surface area (Å²) in [5.74, 6) is 0.642. The molecule has 3 rings (SSSR count). The van der Waals surface area contributed by atoms with E-state index in [1.807, 2.05) is 42.5 Å². The fourth-order valence-electron chi connectivity index (χ4n) is 2.55. The van der Waals surface area contributed by atoms with Gasteiger partial charge in [-0.1, -0.05) is 40.2 Å². The number of rotatable bonds is 5. The van der Waals surface area contributed by atoms with Crippen LogP contribution in [0.25, 0.3) is 0 Å². The number of benzene rings is 2. The summed E-state index contributed by atoms with van der Waals surface area (Å²) in [5, 5.41) is 6.28. The summed E-state index contributed by atoms with van der Waals surface area (Å²) < 4.78 is 6.83. The van der Waals surface area contributed by atoms with E-state index in [9.17, 15) is 4.79 Å². The molecule has 2 N–H and O–H groups in total. The van der Waals surface area contributed by atoms with Crippen molar-refractivity contribution in [1.29, 1.82) is 0 Å². The summed E-state index contributed by atoms with van der Waals surface area (Å²) in [6, 6.07) is 15.5. The predicted octanol–water partition coefficient (Wildman–Crippen LogP) is 3.54. The molecule has 4 nitrogen and oxygen atoms in total. The summed E-state index contributed by atoms with van der Waals surface area (Å²) >= 11 is 3.51. The summed E-state index contributed by atoms with van der Waals surface area (Å²) in [5.41, 5.74) is 1.70. The Morgan fingerprint density at radius 1 is 1.25 bits per heavy atom. The van der Waals surface area contributed by atoms with Crippen molar-refractivity contribution in [2.24, 2.45) is 0 Å². The van der Waals surface area contributed by atoms with Crippen LogP contribution in [0, 0.1) is 0 Å². The Morgan fingerprint density at radius 3 is 2.83 bits per heavy atom. The zero-order chi connectivity index (χ0) is 16.1. The molecule has 0 spiro atoms. The molecule has 1 amide bonds. The average Bonchev–Trinajstić information content (AvgIpc) is 3.07. The molecule has 1 aliphatic heterocycles. The topological polar surface area (TPSA) is 50.4 Å². The van der Waals surface area contributed by atoms with E-state index in [-0.39, 0.29) is 24.4 Å². The molecule has 0 saturated carbocycles. The Hall–Kier alpha value is -1.56. The zero-order valence-electron chi connectivity index (χ0n) is 13.1. The number of carbonyl (C=O) groups is 1. The van der Waals surface area contributed by atoms with Crippen LogP contribution in [0.3, 0.4) is 0 Å². The highest BCUT2D eigenvalue weighted by Gasteiger charge is 2.17. The Balaban J connectivity index is 0.00000208. The van der Waals surface area contributed by atoms with E-state index < -0.39 is 0 Å².